The highest BCUT2D eigenvalue weighted by Crippen LogP contribution is 2.14. The molecule has 0 aliphatic rings. The molecular weight excluding hydrogens is 330 g/mol. The maximum atomic E-state index is 12.7. The van der Waals surface area contributed by atoms with Crippen molar-refractivity contribution in [1.29, 1.82) is 0 Å². The van der Waals surface area contributed by atoms with Crippen LogP contribution < -0.4 is 10.9 Å². The maximum absolute atomic E-state index is 12.7. The van der Waals surface area contributed by atoms with Crippen molar-refractivity contribution in [2.24, 2.45) is 0 Å². The number of nitrogens with one attached hydrogen (secondary N) is 1. The fourth-order valence-corrected chi connectivity index (χ4v) is 2.65. The van der Waals surface area contributed by atoms with E-state index in [9.17, 15) is 9.59 Å². The maximum Gasteiger partial charge on any atom is 0.264 e. The minimum atomic E-state index is -0.190. The summed E-state index contributed by atoms with van der Waals surface area (Å²) in [7, 11) is 0. The highest BCUT2D eigenvalue weighted by atomic mass is 16.2. The summed E-state index contributed by atoms with van der Waals surface area (Å²) in [4.78, 5) is 29.0. The van der Waals surface area contributed by atoms with E-state index in [0.717, 1.165) is 17.7 Å². The largest absolute Gasteiger partial charge is 0.354 e. The van der Waals surface area contributed by atoms with Crippen LogP contribution in [0.25, 0.3) is 16.7 Å². The third-order valence-corrected chi connectivity index (χ3v) is 4.43. The zero-order valence-electron chi connectivity index (χ0n) is 15.3. The van der Waals surface area contributed by atoms with Crippen LogP contribution >= 0.6 is 0 Å². The molecule has 7 nitrogen and oxygen atoms in total. The zero-order chi connectivity index (χ0) is 18.7. The van der Waals surface area contributed by atoms with Crippen LogP contribution in [0.15, 0.2) is 41.6 Å². The molecule has 136 valence electrons. The van der Waals surface area contributed by atoms with Gasteiger partial charge in [0.2, 0.25) is 5.91 Å². The highest BCUT2D eigenvalue weighted by molar-refractivity contribution is 5.76. The van der Waals surface area contributed by atoms with Crippen LogP contribution in [0, 0.1) is 6.92 Å². The average molecular weight is 353 g/mol. The van der Waals surface area contributed by atoms with E-state index in [-0.39, 0.29) is 23.9 Å². The van der Waals surface area contributed by atoms with E-state index in [0.29, 0.717) is 17.6 Å². The Balaban J connectivity index is 1.83. The van der Waals surface area contributed by atoms with Gasteiger partial charge in [-0.1, -0.05) is 24.6 Å². The van der Waals surface area contributed by atoms with Crippen LogP contribution in [0.3, 0.4) is 0 Å². The van der Waals surface area contributed by atoms with Gasteiger partial charge in [0.1, 0.15) is 5.39 Å². The Morgan fingerprint density at radius 1 is 1.27 bits per heavy atom. The first-order valence-corrected chi connectivity index (χ1v) is 8.79. The van der Waals surface area contributed by atoms with E-state index in [2.05, 4.69) is 15.4 Å². The first-order chi connectivity index (χ1) is 12.5. The van der Waals surface area contributed by atoms with Gasteiger partial charge in [-0.2, -0.15) is 5.10 Å². The van der Waals surface area contributed by atoms with Crippen molar-refractivity contribution in [1.82, 2.24) is 24.6 Å². The number of hydrogen-bond acceptors (Lipinski definition) is 4. The van der Waals surface area contributed by atoms with Gasteiger partial charge >= 0.3 is 0 Å². The summed E-state index contributed by atoms with van der Waals surface area (Å²) in [6.07, 6.45) is 4.12. The SMILES string of the molecule is CCC(C)NC(=O)CCn1cnc2c(cnn2-c2ccc(C)cc2)c1=O. The van der Waals surface area contributed by atoms with Gasteiger partial charge in [-0.25, -0.2) is 9.67 Å². The van der Waals surface area contributed by atoms with Gasteiger partial charge in [0.05, 0.1) is 18.2 Å². The standard InChI is InChI=1S/C19H23N5O2/c1-4-14(3)22-17(25)9-10-23-12-20-18-16(19(23)26)11-21-24(18)15-7-5-13(2)6-8-15/h5-8,11-12,14H,4,9-10H2,1-3H3,(H,22,25). The minimum absolute atomic E-state index is 0.0679. The first-order valence-electron chi connectivity index (χ1n) is 8.79. The number of rotatable bonds is 6. The molecule has 7 heteroatoms. The monoisotopic (exact) mass is 353 g/mol. The van der Waals surface area contributed by atoms with Gasteiger partial charge in [-0.15, -0.1) is 0 Å². The molecule has 0 aliphatic carbocycles. The molecule has 0 saturated carbocycles. The molecule has 26 heavy (non-hydrogen) atoms. The number of hydrogen-bond donors (Lipinski definition) is 1. The lowest BCUT2D eigenvalue weighted by atomic mass is 10.2. The molecule has 3 aromatic rings. The molecule has 0 bridgehead atoms. The molecule has 1 atom stereocenters. The van der Waals surface area contributed by atoms with Crippen molar-refractivity contribution in [2.75, 3.05) is 0 Å². The molecule has 2 aromatic heterocycles. The van der Waals surface area contributed by atoms with E-state index in [4.69, 9.17) is 0 Å². The predicted molar refractivity (Wildman–Crippen MR) is 100 cm³/mol. The van der Waals surface area contributed by atoms with Crippen LogP contribution in [0.2, 0.25) is 0 Å². The van der Waals surface area contributed by atoms with Gasteiger partial charge in [0.15, 0.2) is 5.65 Å². The Hall–Kier alpha value is -2.96. The van der Waals surface area contributed by atoms with Gasteiger partial charge in [-0.05, 0) is 32.4 Å². The minimum Gasteiger partial charge on any atom is -0.354 e. The normalized spacial score (nSPS) is 12.3. The Morgan fingerprint density at radius 3 is 2.69 bits per heavy atom. The third kappa shape index (κ3) is 3.66. The van der Waals surface area contributed by atoms with Gasteiger partial charge in [-0.3, -0.25) is 14.2 Å². The van der Waals surface area contributed by atoms with E-state index in [1.165, 1.54) is 17.1 Å². The van der Waals surface area contributed by atoms with Gasteiger partial charge in [0.25, 0.3) is 5.56 Å². The molecule has 1 N–H and O–H groups in total. The van der Waals surface area contributed by atoms with Crippen molar-refractivity contribution < 1.29 is 4.79 Å². The van der Waals surface area contributed by atoms with E-state index in [1.807, 2.05) is 45.0 Å². The number of fused-ring (bicyclic) bond motifs is 1. The van der Waals surface area contributed by atoms with Crippen molar-refractivity contribution in [3.8, 4) is 5.69 Å². The van der Waals surface area contributed by atoms with Crippen LogP contribution in [-0.2, 0) is 11.3 Å². The quantitative estimate of drug-likeness (QED) is 0.736. The van der Waals surface area contributed by atoms with Crippen molar-refractivity contribution >= 4 is 16.9 Å². The Kier molecular flexibility index (Phi) is 5.16. The number of nitrogens with zero attached hydrogens (tertiary/aromatic N) is 4. The second-order valence-electron chi connectivity index (χ2n) is 6.50. The molecule has 1 unspecified atom stereocenters. The van der Waals surface area contributed by atoms with E-state index >= 15 is 0 Å². The summed E-state index contributed by atoms with van der Waals surface area (Å²) in [5, 5.41) is 7.64. The second kappa shape index (κ2) is 7.51. The van der Waals surface area contributed by atoms with Crippen LogP contribution in [0.1, 0.15) is 32.3 Å². The summed E-state index contributed by atoms with van der Waals surface area (Å²) < 4.78 is 3.11. The average Bonchev–Trinajstić information content (AvgIpc) is 3.06. The van der Waals surface area contributed by atoms with Crippen molar-refractivity contribution in [3.05, 3.63) is 52.7 Å². The lowest BCUT2D eigenvalue weighted by Crippen LogP contribution is -2.33. The Bertz CT molecular complexity index is 972. The molecule has 1 aromatic carbocycles. The smallest absolute Gasteiger partial charge is 0.264 e. The predicted octanol–water partition coefficient (Wildman–Crippen LogP) is 2.20. The van der Waals surface area contributed by atoms with Gasteiger partial charge in [0, 0.05) is 19.0 Å². The van der Waals surface area contributed by atoms with Crippen LogP contribution in [-0.4, -0.2) is 31.3 Å². The number of aromatic nitrogens is 4. The molecular formula is C19H23N5O2. The molecule has 0 fully saturated rings. The second-order valence-corrected chi connectivity index (χ2v) is 6.50. The zero-order valence-corrected chi connectivity index (χ0v) is 15.3. The summed E-state index contributed by atoms with van der Waals surface area (Å²) in [6.45, 7) is 6.27. The summed E-state index contributed by atoms with van der Waals surface area (Å²) >= 11 is 0. The summed E-state index contributed by atoms with van der Waals surface area (Å²) in [5.74, 6) is -0.0679. The topological polar surface area (TPSA) is 81.8 Å². The third-order valence-electron chi connectivity index (χ3n) is 4.43. The molecule has 0 radical (unpaired) electrons. The van der Waals surface area contributed by atoms with Crippen molar-refractivity contribution in [2.45, 2.75) is 46.2 Å². The Labute approximate surface area is 151 Å². The van der Waals surface area contributed by atoms with E-state index in [1.54, 1.807) is 4.68 Å². The molecule has 2 heterocycles. The lowest BCUT2D eigenvalue weighted by Gasteiger charge is -2.11. The molecule has 0 spiro atoms. The van der Waals surface area contributed by atoms with Gasteiger partial charge < -0.3 is 5.32 Å². The summed E-state index contributed by atoms with van der Waals surface area (Å²) in [5.41, 5.74) is 2.32. The van der Waals surface area contributed by atoms with Crippen molar-refractivity contribution in [3.63, 3.8) is 0 Å². The fraction of sp³-hybridized carbons (Fsp3) is 0.368. The number of carbonyl (C=O) groups is 1. The number of carbonyl (C=O) groups excluding carboxylic acids is 1. The molecule has 0 aliphatic heterocycles. The molecule has 3 rings (SSSR count). The van der Waals surface area contributed by atoms with E-state index < -0.39 is 0 Å². The molecule has 0 saturated heterocycles. The van der Waals surface area contributed by atoms with Crippen LogP contribution in [0.4, 0.5) is 0 Å². The van der Waals surface area contributed by atoms with Crippen LogP contribution in [0.5, 0.6) is 0 Å². The molecule has 1 amide bonds. The number of aryl methyl sites for hydroxylation is 2. The Morgan fingerprint density at radius 2 is 2.00 bits per heavy atom. The summed E-state index contributed by atoms with van der Waals surface area (Å²) in [6, 6.07) is 7.98. The number of amides is 1. The first kappa shape index (κ1) is 17.8. The number of benzene rings is 1. The fourth-order valence-electron chi connectivity index (χ4n) is 2.65. The lowest BCUT2D eigenvalue weighted by molar-refractivity contribution is -0.121. The highest BCUT2D eigenvalue weighted by Gasteiger charge is 2.12.